The second kappa shape index (κ2) is 4.89. The second-order valence-corrected chi connectivity index (χ2v) is 3.96. The number of rotatable bonds is 2. The summed E-state index contributed by atoms with van der Waals surface area (Å²) in [5.74, 6) is 0.0336. The molecule has 1 aromatic carbocycles. The highest BCUT2D eigenvalue weighted by molar-refractivity contribution is 8.15. The highest BCUT2D eigenvalue weighted by Gasteiger charge is 2.15. The van der Waals surface area contributed by atoms with Crippen LogP contribution in [0, 0.1) is 5.82 Å². The molecular weight excluding hydrogens is 229 g/mol. The summed E-state index contributed by atoms with van der Waals surface area (Å²) >= 11 is 1.33. The maximum atomic E-state index is 12.6. The van der Waals surface area contributed by atoms with Gasteiger partial charge >= 0.3 is 0 Å². The number of carbonyl (C=O) groups excluding carboxylic acids is 1. The van der Waals surface area contributed by atoms with E-state index in [2.05, 4.69) is 15.3 Å². The molecule has 0 radical (unpaired) electrons. The summed E-state index contributed by atoms with van der Waals surface area (Å²) in [7, 11) is 0. The van der Waals surface area contributed by atoms with E-state index >= 15 is 0 Å². The van der Waals surface area contributed by atoms with E-state index in [-0.39, 0.29) is 11.7 Å². The van der Waals surface area contributed by atoms with Crippen molar-refractivity contribution in [3.8, 4) is 0 Å². The largest absolute Gasteiger partial charge is 0.304 e. The van der Waals surface area contributed by atoms with Crippen LogP contribution in [-0.4, -0.2) is 23.2 Å². The van der Waals surface area contributed by atoms with Gasteiger partial charge in [-0.25, -0.2) is 14.4 Å². The van der Waals surface area contributed by atoms with Crippen LogP contribution in [0.15, 0.2) is 34.3 Å². The molecule has 0 atom stereocenters. The number of nitrogens with zero attached hydrogens (tertiary/aromatic N) is 2. The first-order valence-corrected chi connectivity index (χ1v) is 5.51. The zero-order chi connectivity index (χ0) is 11.4. The Morgan fingerprint density at radius 1 is 1.38 bits per heavy atom. The molecule has 1 aliphatic heterocycles. The third-order valence-corrected chi connectivity index (χ3v) is 2.68. The molecule has 1 amide bonds. The van der Waals surface area contributed by atoms with Gasteiger partial charge in [-0.1, -0.05) is 11.8 Å². The number of amides is 1. The Labute approximate surface area is 95.7 Å². The lowest BCUT2D eigenvalue weighted by molar-refractivity contribution is -0.116. The monoisotopic (exact) mass is 237 g/mol. The minimum Gasteiger partial charge on any atom is -0.304 e. The molecule has 0 saturated carbocycles. The van der Waals surface area contributed by atoms with E-state index in [1.54, 1.807) is 12.1 Å². The van der Waals surface area contributed by atoms with Gasteiger partial charge in [0.15, 0.2) is 5.17 Å². The molecule has 0 unspecified atom stereocenters. The molecule has 1 aliphatic rings. The van der Waals surface area contributed by atoms with Crippen molar-refractivity contribution in [3.05, 3.63) is 30.1 Å². The molecule has 16 heavy (non-hydrogen) atoms. The molecule has 0 aliphatic carbocycles. The Morgan fingerprint density at radius 2 is 2.12 bits per heavy atom. The van der Waals surface area contributed by atoms with E-state index in [9.17, 15) is 9.18 Å². The molecule has 2 rings (SSSR count). The standard InChI is InChI=1S/C10H8FN3OS/c11-7-1-3-8(4-2-7)12-6-13-10-14-9(15)5-16-10/h1-4,6H,5H2,(H,12,13,14,15). The predicted octanol–water partition coefficient (Wildman–Crippen LogP) is 1.70. The molecule has 1 N–H and O–H groups in total. The van der Waals surface area contributed by atoms with Crippen LogP contribution in [0.1, 0.15) is 0 Å². The molecule has 0 spiro atoms. The normalized spacial score (nSPS) is 18.3. The minimum absolute atomic E-state index is 0.0565. The van der Waals surface area contributed by atoms with Crippen LogP contribution in [0.5, 0.6) is 0 Å². The highest BCUT2D eigenvalue weighted by Crippen LogP contribution is 2.12. The lowest BCUT2D eigenvalue weighted by Gasteiger charge is -1.92. The Hall–Kier alpha value is -1.69. The fourth-order valence-electron chi connectivity index (χ4n) is 1.07. The first-order chi connectivity index (χ1) is 7.74. The first-order valence-electron chi connectivity index (χ1n) is 4.52. The van der Waals surface area contributed by atoms with Gasteiger partial charge in [-0.15, -0.1) is 0 Å². The first kappa shape index (κ1) is 10.8. The second-order valence-electron chi connectivity index (χ2n) is 2.99. The average molecular weight is 237 g/mol. The molecule has 1 saturated heterocycles. The topological polar surface area (TPSA) is 53.8 Å². The minimum atomic E-state index is -0.302. The Bertz CT molecular complexity index is 456. The molecule has 1 aromatic rings. The fraction of sp³-hybridized carbons (Fsp3) is 0.100. The summed E-state index contributed by atoms with van der Waals surface area (Å²) in [5, 5.41) is 3.11. The van der Waals surface area contributed by atoms with Crippen LogP contribution in [0.4, 0.5) is 10.1 Å². The number of aliphatic imine (C=N–C) groups is 2. The Morgan fingerprint density at radius 3 is 2.75 bits per heavy atom. The van der Waals surface area contributed by atoms with E-state index in [0.29, 0.717) is 16.6 Å². The maximum absolute atomic E-state index is 12.6. The van der Waals surface area contributed by atoms with E-state index < -0.39 is 0 Å². The Balaban J connectivity index is 1.99. The molecule has 1 heterocycles. The maximum Gasteiger partial charge on any atom is 0.236 e. The smallest absolute Gasteiger partial charge is 0.236 e. The van der Waals surface area contributed by atoms with Crippen LogP contribution in [0.2, 0.25) is 0 Å². The van der Waals surface area contributed by atoms with Gasteiger partial charge in [0, 0.05) is 0 Å². The quantitative estimate of drug-likeness (QED) is 0.628. The number of thioether (sulfide) groups is 1. The van der Waals surface area contributed by atoms with Gasteiger partial charge in [0.1, 0.15) is 12.2 Å². The molecule has 0 aromatic heterocycles. The lowest BCUT2D eigenvalue weighted by Crippen LogP contribution is -2.20. The number of nitrogens with one attached hydrogen (secondary N) is 1. The van der Waals surface area contributed by atoms with Crippen molar-refractivity contribution in [2.24, 2.45) is 9.98 Å². The van der Waals surface area contributed by atoms with Gasteiger partial charge in [-0.05, 0) is 24.3 Å². The van der Waals surface area contributed by atoms with Crippen molar-refractivity contribution in [3.63, 3.8) is 0 Å². The number of carbonyl (C=O) groups is 1. The summed E-state index contributed by atoms with van der Waals surface area (Å²) in [6.07, 6.45) is 1.33. The van der Waals surface area contributed by atoms with Crippen molar-refractivity contribution in [2.75, 3.05) is 5.75 Å². The summed E-state index contributed by atoms with van der Waals surface area (Å²) in [5.41, 5.74) is 0.611. The molecular formula is C10H8FN3OS. The van der Waals surface area contributed by atoms with Crippen LogP contribution in [0.3, 0.4) is 0 Å². The summed E-state index contributed by atoms with van der Waals surface area (Å²) in [6, 6.07) is 5.75. The van der Waals surface area contributed by atoms with Crippen molar-refractivity contribution in [1.82, 2.24) is 5.32 Å². The van der Waals surface area contributed by atoms with E-state index in [0.717, 1.165) is 0 Å². The fourth-order valence-corrected chi connectivity index (χ4v) is 1.72. The molecule has 4 nitrogen and oxygen atoms in total. The lowest BCUT2D eigenvalue weighted by atomic mass is 10.3. The number of amidine groups is 1. The number of hydrogen-bond donors (Lipinski definition) is 1. The molecule has 0 bridgehead atoms. The van der Waals surface area contributed by atoms with Crippen molar-refractivity contribution in [1.29, 1.82) is 0 Å². The zero-order valence-electron chi connectivity index (χ0n) is 8.18. The van der Waals surface area contributed by atoms with Crippen LogP contribution in [0.25, 0.3) is 0 Å². The summed E-state index contributed by atoms with van der Waals surface area (Å²) in [6.45, 7) is 0. The third-order valence-electron chi connectivity index (χ3n) is 1.79. The van der Waals surface area contributed by atoms with Gasteiger partial charge in [-0.3, -0.25) is 4.79 Å². The van der Waals surface area contributed by atoms with E-state index in [1.165, 1.54) is 30.2 Å². The van der Waals surface area contributed by atoms with Gasteiger partial charge < -0.3 is 5.32 Å². The van der Waals surface area contributed by atoms with Crippen molar-refractivity contribution in [2.45, 2.75) is 0 Å². The van der Waals surface area contributed by atoms with Crippen LogP contribution in [-0.2, 0) is 4.79 Å². The van der Waals surface area contributed by atoms with E-state index in [4.69, 9.17) is 0 Å². The summed E-state index contributed by atoms with van der Waals surface area (Å²) in [4.78, 5) is 18.8. The zero-order valence-corrected chi connectivity index (χ0v) is 9.00. The van der Waals surface area contributed by atoms with Crippen LogP contribution < -0.4 is 5.32 Å². The number of benzene rings is 1. The molecule has 6 heteroatoms. The number of halogens is 1. The van der Waals surface area contributed by atoms with Gasteiger partial charge in [-0.2, -0.15) is 0 Å². The predicted molar refractivity (Wildman–Crippen MR) is 62.6 cm³/mol. The van der Waals surface area contributed by atoms with Crippen LogP contribution >= 0.6 is 11.8 Å². The Kier molecular flexibility index (Phi) is 3.31. The molecule has 82 valence electrons. The van der Waals surface area contributed by atoms with Gasteiger partial charge in [0.25, 0.3) is 0 Å². The third kappa shape index (κ3) is 2.90. The van der Waals surface area contributed by atoms with E-state index in [1.807, 2.05) is 0 Å². The average Bonchev–Trinajstić information content (AvgIpc) is 2.67. The SMILES string of the molecule is O=C1CSC(=NC=Nc2ccc(F)cc2)N1. The summed E-state index contributed by atoms with van der Waals surface area (Å²) < 4.78 is 12.6. The van der Waals surface area contributed by atoms with Crippen molar-refractivity contribution >= 4 is 34.9 Å². The van der Waals surface area contributed by atoms with Gasteiger partial charge in [0.2, 0.25) is 5.91 Å². The van der Waals surface area contributed by atoms with Gasteiger partial charge in [0.05, 0.1) is 11.4 Å². The number of hydrogen-bond acceptors (Lipinski definition) is 3. The van der Waals surface area contributed by atoms with Crippen molar-refractivity contribution < 1.29 is 9.18 Å². The molecule has 1 fully saturated rings. The highest BCUT2D eigenvalue weighted by atomic mass is 32.2.